The van der Waals surface area contributed by atoms with E-state index >= 15 is 0 Å². The molecular formula is C10H12ClFN2O2S2. The van der Waals surface area contributed by atoms with Crippen LogP contribution in [0.5, 0.6) is 0 Å². The van der Waals surface area contributed by atoms with E-state index < -0.39 is 15.8 Å². The number of nitrogens with one attached hydrogen (secondary N) is 1. The van der Waals surface area contributed by atoms with Gasteiger partial charge in [-0.2, -0.15) is 11.8 Å². The predicted molar refractivity (Wildman–Crippen MR) is 71.9 cm³/mol. The van der Waals surface area contributed by atoms with Crippen LogP contribution in [0.4, 0.5) is 10.1 Å². The van der Waals surface area contributed by atoms with E-state index in [1.807, 2.05) is 0 Å². The lowest BCUT2D eigenvalue weighted by Crippen LogP contribution is -2.34. The van der Waals surface area contributed by atoms with E-state index in [0.29, 0.717) is 0 Å². The summed E-state index contributed by atoms with van der Waals surface area (Å²) in [7, 11) is -3.76. The van der Waals surface area contributed by atoms with Crippen molar-refractivity contribution in [3.63, 3.8) is 0 Å². The lowest BCUT2D eigenvalue weighted by Gasteiger charge is -2.13. The predicted octanol–water partition coefficient (Wildman–Crippen LogP) is 1.85. The Morgan fingerprint density at radius 1 is 1.50 bits per heavy atom. The zero-order valence-corrected chi connectivity index (χ0v) is 11.7. The van der Waals surface area contributed by atoms with Gasteiger partial charge in [0.15, 0.2) is 0 Å². The third-order valence-electron chi connectivity index (χ3n) is 2.59. The highest BCUT2D eigenvalue weighted by atomic mass is 35.5. The molecule has 0 amide bonds. The molecule has 0 spiro atoms. The Labute approximate surface area is 114 Å². The molecule has 0 radical (unpaired) electrons. The average Bonchev–Trinajstić information content (AvgIpc) is 2.75. The van der Waals surface area contributed by atoms with Gasteiger partial charge in [-0.05, 0) is 24.3 Å². The van der Waals surface area contributed by atoms with Crippen LogP contribution in [0.25, 0.3) is 0 Å². The summed E-state index contributed by atoms with van der Waals surface area (Å²) >= 11 is 7.43. The van der Waals surface area contributed by atoms with Gasteiger partial charge in [0.2, 0.25) is 10.0 Å². The molecule has 1 saturated heterocycles. The summed E-state index contributed by atoms with van der Waals surface area (Å²) in [4.78, 5) is -0.181. The Morgan fingerprint density at radius 2 is 2.22 bits per heavy atom. The zero-order valence-electron chi connectivity index (χ0n) is 9.32. The van der Waals surface area contributed by atoms with Gasteiger partial charge >= 0.3 is 0 Å². The van der Waals surface area contributed by atoms with Crippen LogP contribution in [0.1, 0.15) is 6.42 Å². The van der Waals surface area contributed by atoms with E-state index in [9.17, 15) is 12.8 Å². The highest BCUT2D eigenvalue weighted by molar-refractivity contribution is 7.99. The quantitative estimate of drug-likeness (QED) is 0.836. The second-order valence-corrected chi connectivity index (χ2v) is 7.23. The van der Waals surface area contributed by atoms with Gasteiger partial charge < -0.3 is 5.73 Å². The third-order valence-corrected chi connectivity index (χ3v) is 5.74. The maximum atomic E-state index is 13.1. The summed E-state index contributed by atoms with van der Waals surface area (Å²) in [5.74, 6) is 0.926. The fourth-order valence-electron chi connectivity index (χ4n) is 1.66. The molecule has 1 aliphatic rings. The number of rotatable bonds is 3. The van der Waals surface area contributed by atoms with Gasteiger partial charge in [0.25, 0.3) is 0 Å². The lowest BCUT2D eigenvalue weighted by molar-refractivity contribution is 0.562. The molecule has 0 bridgehead atoms. The summed E-state index contributed by atoms with van der Waals surface area (Å²) in [5, 5.41) is -0.167. The van der Waals surface area contributed by atoms with Crippen molar-refractivity contribution < 1.29 is 12.8 Å². The van der Waals surface area contributed by atoms with Crippen LogP contribution in [0.15, 0.2) is 17.0 Å². The fraction of sp³-hybridized carbons (Fsp3) is 0.400. The Bertz CT molecular complexity index is 559. The zero-order chi connectivity index (χ0) is 13.3. The maximum absolute atomic E-state index is 13.1. The highest BCUT2D eigenvalue weighted by Crippen LogP contribution is 2.27. The molecule has 0 aromatic heterocycles. The van der Waals surface area contributed by atoms with Crippen LogP contribution in [-0.2, 0) is 10.0 Å². The fourth-order valence-corrected chi connectivity index (χ4v) is 4.74. The summed E-state index contributed by atoms with van der Waals surface area (Å²) in [6.45, 7) is 0. The first-order valence-corrected chi connectivity index (χ1v) is 8.26. The maximum Gasteiger partial charge on any atom is 0.242 e. The van der Waals surface area contributed by atoms with Gasteiger partial charge in [0.05, 0.1) is 10.7 Å². The number of anilines is 1. The SMILES string of the molecule is Nc1cc(S(=O)(=O)NC2CCSC2)c(Cl)cc1F. The molecule has 100 valence electrons. The first-order valence-electron chi connectivity index (χ1n) is 5.25. The minimum absolute atomic E-state index is 0.109. The summed E-state index contributed by atoms with van der Waals surface area (Å²) < 4.78 is 39.9. The molecule has 1 fully saturated rings. The largest absolute Gasteiger partial charge is 0.396 e. The molecule has 1 aromatic rings. The third kappa shape index (κ3) is 2.90. The Kier molecular flexibility index (Phi) is 4.05. The van der Waals surface area contributed by atoms with E-state index in [-0.39, 0.29) is 21.6 Å². The van der Waals surface area contributed by atoms with Gasteiger partial charge in [-0.3, -0.25) is 0 Å². The van der Waals surface area contributed by atoms with E-state index in [1.165, 1.54) is 0 Å². The molecule has 1 aliphatic heterocycles. The molecular weight excluding hydrogens is 299 g/mol. The van der Waals surface area contributed by atoms with Gasteiger partial charge in [-0.15, -0.1) is 0 Å². The van der Waals surface area contributed by atoms with Crippen LogP contribution in [0, 0.1) is 5.82 Å². The van der Waals surface area contributed by atoms with Gasteiger partial charge in [-0.1, -0.05) is 11.6 Å². The smallest absolute Gasteiger partial charge is 0.242 e. The standard InChI is InChI=1S/C10H12ClFN2O2S2/c11-7-3-8(12)9(13)4-10(7)18(15,16)14-6-1-2-17-5-6/h3-4,6,14H,1-2,5,13H2. The average molecular weight is 311 g/mol. The van der Waals surface area contributed by atoms with Crippen LogP contribution in [0.2, 0.25) is 5.02 Å². The van der Waals surface area contributed by atoms with Crippen molar-refractivity contribution >= 4 is 39.1 Å². The summed E-state index contributed by atoms with van der Waals surface area (Å²) in [5.41, 5.74) is 5.13. The van der Waals surface area contributed by atoms with Crippen LogP contribution >= 0.6 is 23.4 Å². The highest BCUT2D eigenvalue weighted by Gasteiger charge is 2.25. The van der Waals surface area contributed by atoms with Crippen LogP contribution in [-0.4, -0.2) is 26.0 Å². The van der Waals surface area contributed by atoms with Crippen molar-refractivity contribution in [2.24, 2.45) is 0 Å². The number of hydrogen-bond acceptors (Lipinski definition) is 4. The van der Waals surface area contributed by atoms with Gasteiger partial charge in [-0.25, -0.2) is 17.5 Å². The van der Waals surface area contributed by atoms with Crippen molar-refractivity contribution in [3.05, 3.63) is 23.0 Å². The molecule has 1 heterocycles. The number of benzene rings is 1. The molecule has 3 N–H and O–H groups in total. The van der Waals surface area contributed by atoms with Gasteiger partial charge in [0.1, 0.15) is 10.7 Å². The van der Waals surface area contributed by atoms with E-state index in [2.05, 4.69) is 4.72 Å². The van der Waals surface area contributed by atoms with Crippen molar-refractivity contribution in [1.29, 1.82) is 0 Å². The van der Waals surface area contributed by atoms with Gasteiger partial charge in [0, 0.05) is 11.8 Å². The molecule has 1 aromatic carbocycles. The van der Waals surface area contributed by atoms with Crippen LogP contribution in [0.3, 0.4) is 0 Å². The van der Waals surface area contributed by atoms with E-state index in [1.54, 1.807) is 11.8 Å². The molecule has 0 aliphatic carbocycles. The first kappa shape index (κ1) is 13.9. The van der Waals surface area contributed by atoms with E-state index in [0.717, 1.165) is 30.1 Å². The number of halogens is 2. The Balaban J connectivity index is 2.31. The molecule has 18 heavy (non-hydrogen) atoms. The van der Waals surface area contributed by atoms with Crippen molar-refractivity contribution in [2.75, 3.05) is 17.2 Å². The molecule has 4 nitrogen and oxygen atoms in total. The van der Waals surface area contributed by atoms with Crippen molar-refractivity contribution in [1.82, 2.24) is 4.72 Å². The first-order chi connectivity index (χ1) is 8.40. The number of thioether (sulfide) groups is 1. The second-order valence-electron chi connectivity index (χ2n) is 3.99. The lowest BCUT2D eigenvalue weighted by atomic mass is 10.3. The Hall–Kier alpha value is -0.500. The number of nitrogen functional groups attached to an aromatic ring is 1. The van der Waals surface area contributed by atoms with Crippen LogP contribution < -0.4 is 10.5 Å². The monoisotopic (exact) mass is 310 g/mol. The summed E-state index contributed by atoms with van der Waals surface area (Å²) in [6, 6.07) is 1.85. The van der Waals surface area contributed by atoms with E-state index in [4.69, 9.17) is 17.3 Å². The van der Waals surface area contributed by atoms with Crippen molar-refractivity contribution in [2.45, 2.75) is 17.4 Å². The second kappa shape index (κ2) is 5.24. The molecule has 0 saturated carbocycles. The summed E-state index contributed by atoms with van der Waals surface area (Å²) in [6.07, 6.45) is 0.776. The Morgan fingerprint density at radius 3 is 2.83 bits per heavy atom. The topological polar surface area (TPSA) is 72.2 Å². The number of hydrogen-bond donors (Lipinski definition) is 2. The molecule has 1 atom stereocenters. The number of nitrogens with two attached hydrogens (primary N) is 1. The normalized spacial score (nSPS) is 20.2. The minimum Gasteiger partial charge on any atom is -0.396 e. The van der Waals surface area contributed by atoms with Crippen molar-refractivity contribution in [3.8, 4) is 0 Å². The molecule has 8 heteroatoms. The molecule has 1 unspecified atom stereocenters. The molecule has 2 rings (SSSR count). The number of sulfonamides is 1. The minimum atomic E-state index is -3.76.